The molecule has 0 saturated heterocycles. The number of nitrogens with two attached hydrogens (primary N) is 1. The smallest absolute Gasteiger partial charge is 0.268 e. The van der Waals surface area contributed by atoms with Crippen LogP contribution in [0.1, 0.15) is 10.5 Å². The highest BCUT2D eigenvalue weighted by molar-refractivity contribution is 9.10. The molecule has 0 aliphatic heterocycles. The van der Waals surface area contributed by atoms with Crippen LogP contribution < -0.4 is 5.73 Å². The molecule has 4 nitrogen and oxygen atoms in total. The van der Waals surface area contributed by atoms with Gasteiger partial charge in [0.2, 0.25) is 0 Å². The summed E-state index contributed by atoms with van der Waals surface area (Å²) < 4.78 is 0.504. The second-order valence-corrected chi connectivity index (χ2v) is 2.40. The van der Waals surface area contributed by atoms with Crippen molar-refractivity contribution in [2.45, 2.75) is 0 Å². The zero-order valence-electron chi connectivity index (χ0n) is 4.91. The van der Waals surface area contributed by atoms with Crippen LogP contribution in [0.15, 0.2) is 17.0 Å². The Balaban J connectivity index is 3.07. The van der Waals surface area contributed by atoms with Crippen LogP contribution in [-0.2, 0) is 0 Å². The Kier molecular flexibility index (Phi) is 1.96. The van der Waals surface area contributed by atoms with E-state index in [1.54, 1.807) is 0 Å². The summed E-state index contributed by atoms with van der Waals surface area (Å²) in [4.78, 5) is 17.9. The van der Waals surface area contributed by atoms with Gasteiger partial charge >= 0.3 is 0 Å². The van der Waals surface area contributed by atoms with E-state index in [-0.39, 0.29) is 5.69 Å². The molecule has 2 N–H and O–H groups in total. The van der Waals surface area contributed by atoms with Crippen LogP contribution >= 0.6 is 15.9 Å². The molecule has 1 amide bonds. The van der Waals surface area contributed by atoms with E-state index >= 15 is 0 Å². The van der Waals surface area contributed by atoms with Gasteiger partial charge in [-0.1, -0.05) is 0 Å². The summed E-state index contributed by atoms with van der Waals surface area (Å²) in [5.41, 5.74) is 5.08. The lowest BCUT2D eigenvalue weighted by molar-refractivity contribution is 0.0995. The topological polar surface area (TPSA) is 68.9 Å². The molecule has 0 unspecified atom stereocenters. The van der Waals surface area contributed by atoms with E-state index < -0.39 is 5.91 Å². The van der Waals surface area contributed by atoms with Gasteiger partial charge in [0, 0.05) is 0 Å². The van der Waals surface area contributed by atoms with E-state index in [0.29, 0.717) is 4.60 Å². The first-order valence-electron chi connectivity index (χ1n) is 2.47. The number of halogens is 1. The van der Waals surface area contributed by atoms with Gasteiger partial charge in [-0.2, -0.15) is 0 Å². The Hall–Kier alpha value is -0.970. The van der Waals surface area contributed by atoms with Crippen molar-refractivity contribution in [1.29, 1.82) is 0 Å². The molecule has 0 radical (unpaired) electrons. The first-order chi connectivity index (χ1) is 4.70. The van der Waals surface area contributed by atoms with Gasteiger partial charge in [0.1, 0.15) is 10.3 Å². The number of carbonyl (C=O) groups excluding carboxylic acids is 1. The number of hydrogen-bond donors (Lipinski definition) is 1. The lowest BCUT2D eigenvalue weighted by Gasteiger charge is -1.91. The molecule has 5 heteroatoms. The van der Waals surface area contributed by atoms with Crippen LogP contribution in [0.3, 0.4) is 0 Å². The first kappa shape index (κ1) is 7.14. The lowest BCUT2D eigenvalue weighted by Crippen LogP contribution is -2.13. The monoisotopic (exact) mass is 201 g/mol. The quantitative estimate of drug-likeness (QED) is 0.713. The Morgan fingerprint density at radius 2 is 2.30 bits per heavy atom. The highest BCUT2D eigenvalue weighted by atomic mass is 79.9. The molecule has 0 aromatic carbocycles. The third kappa shape index (κ3) is 1.51. The Morgan fingerprint density at radius 1 is 1.60 bits per heavy atom. The third-order valence-corrected chi connectivity index (χ3v) is 1.24. The van der Waals surface area contributed by atoms with Crippen LogP contribution in [-0.4, -0.2) is 15.9 Å². The predicted molar refractivity (Wildman–Crippen MR) is 38.2 cm³/mol. The second-order valence-electron chi connectivity index (χ2n) is 1.59. The zero-order valence-corrected chi connectivity index (χ0v) is 6.50. The van der Waals surface area contributed by atoms with Crippen LogP contribution in [0.5, 0.6) is 0 Å². The van der Waals surface area contributed by atoms with Gasteiger partial charge in [-0.15, -0.1) is 0 Å². The molecule has 1 rings (SSSR count). The molecule has 1 aromatic heterocycles. The van der Waals surface area contributed by atoms with Crippen molar-refractivity contribution in [3.05, 3.63) is 22.7 Å². The standard InChI is InChI=1S/C5H4BrN3O/c6-4-2-8-1-3(9-4)5(7)10/h1-2H,(H2,7,10). The van der Waals surface area contributed by atoms with Gasteiger partial charge in [0.05, 0.1) is 12.4 Å². The molecule has 0 spiro atoms. The van der Waals surface area contributed by atoms with E-state index in [2.05, 4.69) is 25.9 Å². The van der Waals surface area contributed by atoms with Crippen molar-refractivity contribution in [3.63, 3.8) is 0 Å². The molecule has 0 aliphatic rings. The van der Waals surface area contributed by atoms with E-state index in [9.17, 15) is 4.79 Å². The summed E-state index contributed by atoms with van der Waals surface area (Å²) in [5, 5.41) is 0. The summed E-state index contributed by atoms with van der Waals surface area (Å²) in [7, 11) is 0. The largest absolute Gasteiger partial charge is 0.364 e. The Morgan fingerprint density at radius 3 is 2.70 bits per heavy atom. The van der Waals surface area contributed by atoms with Gasteiger partial charge in [0.25, 0.3) is 5.91 Å². The number of nitrogens with zero attached hydrogens (tertiary/aromatic N) is 2. The molecule has 1 heterocycles. The van der Waals surface area contributed by atoms with Gasteiger partial charge in [0.15, 0.2) is 0 Å². The highest BCUT2D eigenvalue weighted by Gasteiger charge is 2.00. The minimum Gasteiger partial charge on any atom is -0.364 e. The predicted octanol–water partition coefficient (Wildman–Crippen LogP) is 0.338. The molecule has 1 aromatic rings. The van der Waals surface area contributed by atoms with Crippen molar-refractivity contribution in [2.24, 2.45) is 5.73 Å². The summed E-state index contributed by atoms with van der Waals surface area (Å²) in [5.74, 6) is -0.575. The van der Waals surface area contributed by atoms with E-state index in [4.69, 9.17) is 5.73 Å². The second kappa shape index (κ2) is 2.74. The maximum atomic E-state index is 10.5. The molecule has 52 valence electrons. The van der Waals surface area contributed by atoms with Crippen molar-refractivity contribution in [2.75, 3.05) is 0 Å². The molecule has 0 fully saturated rings. The molecule has 10 heavy (non-hydrogen) atoms. The SMILES string of the molecule is NC(=O)c1cncc(Br)n1. The molecular weight excluding hydrogens is 198 g/mol. The first-order valence-corrected chi connectivity index (χ1v) is 3.27. The number of aromatic nitrogens is 2. The van der Waals surface area contributed by atoms with Gasteiger partial charge in [-0.3, -0.25) is 9.78 Å². The van der Waals surface area contributed by atoms with E-state index in [0.717, 1.165) is 0 Å². The van der Waals surface area contributed by atoms with Gasteiger partial charge in [-0.05, 0) is 15.9 Å². The van der Waals surface area contributed by atoms with Crippen LogP contribution in [0.25, 0.3) is 0 Å². The average molecular weight is 202 g/mol. The summed E-state index contributed by atoms with van der Waals surface area (Å²) in [6.45, 7) is 0. The Labute approximate surface area is 65.6 Å². The average Bonchev–Trinajstić information content (AvgIpc) is 1.88. The normalized spacial score (nSPS) is 9.30. The van der Waals surface area contributed by atoms with Crippen molar-refractivity contribution in [1.82, 2.24) is 9.97 Å². The van der Waals surface area contributed by atoms with E-state index in [1.165, 1.54) is 12.4 Å². The number of amides is 1. The molecular formula is C5H4BrN3O. The van der Waals surface area contributed by atoms with Crippen LogP contribution in [0.4, 0.5) is 0 Å². The van der Waals surface area contributed by atoms with Gasteiger partial charge < -0.3 is 5.73 Å². The fraction of sp³-hybridized carbons (Fsp3) is 0. The fourth-order valence-electron chi connectivity index (χ4n) is 0.461. The highest BCUT2D eigenvalue weighted by Crippen LogP contribution is 2.02. The van der Waals surface area contributed by atoms with Crippen molar-refractivity contribution in [3.8, 4) is 0 Å². The zero-order chi connectivity index (χ0) is 7.56. The number of carbonyl (C=O) groups is 1. The summed E-state index contributed by atoms with van der Waals surface area (Å²) >= 11 is 3.05. The lowest BCUT2D eigenvalue weighted by atomic mass is 10.4. The van der Waals surface area contributed by atoms with Crippen molar-refractivity contribution >= 4 is 21.8 Å². The molecule has 0 aliphatic carbocycles. The molecule has 0 bridgehead atoms. The Bertz CT molecular complexity index is 263. The fourth-order valence-corrected chi connectivity index (χ4v) is 0.770. The number of rotatable bonds is 1. The van der Waals surface area contributed by atoms with Crippen molar-refractivity contribution < 1.29 is 4.79 Å². The number of hydrogen-bond acceptors (Lipinski definition) is 3. The maximum Gasteiger partial charge on any atom is 0.268 e. The van der Waals surface area contributed by atoms with E-state index in [1.807, 2.05) is 0 Å². The summed E-state index contributed by atoms with van der Waals surface area (Å²) in [6, 6.07) is 0. The molecule has 0 atom stereocenters. The number of primary amides is 1. The van der Waals surface area contributed by atoms with Gasteiger partial charge in [-0.25, -0.2) is 4.98 Å². The molecule has 0 saturated carbocycles. The van der Waals surface area contributed by atoms with Crippen LogP contribution in [0, 0.1) is 0 Å². The maximum absolute atomic E-state index is 10.5. The minimum absolute atomic E-state index is 0.161. The minimum atomic E-state index is -0.575. The third-order valence-electron chi connectivity index (χ3n) is 0.858. The summed E-state index contributed by atoms with van der Waals surface area (Å²) in [6.07, 6.45) is 2.79. The van der Waals surface area contributed by atoms with Crippen LogP contribution in [0.2, 0.25) is 0 Å².